The lowest BCUT2D eigenvalue weighted by molar-refractivity contribution is -0.134. The average molecular weight is 467 g/mol. The second-order valence-corrected chi connectivity index (χ2v) is 9.27. The summed E-state index contributed by atoms with van der Waals surface area (Å²) in [5.41, 5.74) is 1.52. The van der Waals surface area contributed by atoms with Crippen molar-refractivity contribution in [3.63, 3.8) is 0 Å². The van der Waals surface area contributed by atoms with Gasteiger partial charge in [-0.1, -0.05) is 54.6 Å². The SMILES string of the molecule is CCN(Cc1ccccc1)C(=O)COC(=O)c1cccc(S(=O)(=O)N(C)c2ccccc2)c1. The molecule has 0 spiro atoms. The van der Waals surface area contributed by atoms with Crippen molar-refractivity contribution in [2.75, 3.05) is 24.5 Å². The molecule has 3 rings (SSSR count). The van der Waals surface area contributed by atoms with Gasteiger partial charge in [0.2, 0.25) is 0 Å². The Hall–Kier alpha value is -3.65. The highest BCUT2D eigenvalue weighted by atomic mass is 32.2. The number of rotatable bonds is 9. The van der Waals surface area contributed by atoms with E-state index in [4.69, 9.17) is 4.74 Å². The van der Waals surface area contributed by atoms with Crippen LogP contribution in [0.15, 0.2) is 89.8 Å². The zero-order valence-corrected chi connectivity index (χ0v) is 19.4. The summed E-state index contributed by atoms with van der Waals surface area (Å²) in [6.45, 7) is 2.29. The Balaban J connectivity index is 1.67. The Morgan fingerprint density at radius 3 is 2.15 bits per heavy atom. The van der Waals surface area contributed by atoms with E-state index in [-0.39, 0.29) is 16.4 Å². The molecule has 0 fully saturated rings. The summed E-state index contributed by atoms with van der Waals surface area (Å²) in [4.78, 5) is 26.6. The quantitative estimate of drug-likeness (QED) is 0.449. The molecule has 0 heterocycles. The maximum atomic E-state index is 13.0. The normalized spacial score (nSPS) is 11.0. The highest BCUT2D eigenvalue weighted by molar-refractivity contribution is 7.92. The van der Waals surface area contributed by atoms with Crippen LogP contribution >= 0.6 is 0 Å². The molecule has 3 aromatic carbocycles. The standard InChI is InChI=1S/C25H26N2O5S/c1-3-27(18-20-11-6-4-7-12-20)24(28)19-32-25(29)21-13-10-16-23(17-21)33(30,31)26(2)22-14-8-5-9-15-22/h4-17H,3,18-19H2,1-2H3. The molecule has 0 radical (unpaired) electrons. The van der Waals surface area contributed by atoms with Crippen LogP contribution in [0.4, 0.5) is 5.69 Å². The van der Waals surface area contributed by atoms with Crippen molar-refractivity contribution in [1.29, 1.82) is 0 Å². The van der Waals surface area contributed by atoms with Crippen LogP contribution in [-0.2, 0) is 26.1 Å². The molecule has 172 valence electrons. The molecule has 0 aliphatic heterocycles. The second-order valence-electron chi connectivity index (χ2n) is 7.31. The molecular weight excluding hydrogens is 440 g/mol. The van der Waals surface area contributed by atoms with Gasteiger partial charge < -0.3 is 9.64 Å². The average Bonchev–Trinajstić information content (AvgIpc) is 2.86. The Kier molecular flexibility index (Phi) is 7.84. The van der Waals surface area contributed by atoms with E-state index < -0.39 is 22.6 Å². The minimum absolute atomic E-state index is 0.0473. The van der Waals surface area contributed by atoms with Crippen LogP contribution in [0.1, 0.15) is 22.8 Å². The van der Waals surface area contributed by atoms with E-state index in [1.807, 2.05) is 37.3 Å². The highest BCUT2D eigenvalue weighted by Gasteiger charge is 2.23. The van der Waals surface area contributed by atoms with Crippen molar-refractivity contribution < 1.29 is 22.7 Å². The number of sulfonamides is 1. The van der Waals surface area contributed by atoms with Gasteiger partial charge in [0.1, 0.15) is 0 Å². The topological polar surface area (TPSA) is 84.0 Å². The molecule has 0 saturated carbocycles. The van der Waals surface area contributed by atoms with Crippen LogP contribution in [0.25, 0.3) is 0 Å². The molecule has 0 aromatic heterocycles. The summed E-state index contributed by atoms with van der Waals surface area (Å²) in [6, 6.07) is 23.7. The van der Waals surface area contributed by atoms with E-state index in [0.717, 1.165) is 9.87 Å². The van der Waals surface area contributed by atoms with Gasteiger partial charge in [-0.2, -0.15) is 0 Å². The van der Waals surface area contributed by atoms with Crippen LogP contribution in [-0.4, -0.2) is 45.4 Å². The summed E-state index contributed by atoms with van der Waals surface area (Å²) in [6.07, 6.45) is 0. The van der Waals surface area contributed by atoms with Gasteiger partial charge in [-0.25, -0.2) is 13.2 Å². The van der Waals surface area contributed by atoms with Crippen LogP contribution in [0.5, 0.6) is 0 Å². The zero-order valence-electron chi connectivity index (χ0n) is 18.5. The van der Waals surface area contributed by atoms with Crippen molar-refractivity contribution >= 4 is 27.6 Å². The van der Waals surface area contributed by atoms with Crippen LogP contribution in [0, 0.1) is 0 Å². The molecule has 1 amide bonds. The van der Waals surface area contributed by atoms with Gasteiger partial charge in [0.15, 0.2) is 6.61 Å². The number of likely N-dealkylation sites (N-methyl/N-ethyl adjacent to an activating group) is 1. The first-order valence-corrected chi connectivity index (χ1v) is 11.9. The van der Waals surface area contributed by atoms with E-state index in [2.05, 4.69) is 0 Å². The van der Waals surface area contributed by atoms with Crippen molar-refractivity contribution in [1.82, 2.24) is 4.90 Å². The van der Waals surface area contributed by atoms with Gasteiger partial charge in [-0.3, -0.25) is 9.10 Å². The lowest BCUT2D eigenvalue weighted by Gasteiger charge is -2.21. The third-order valence-electron chi connectivity index (χ3n) is 5.13. The fourth-order valence-electron chi connectivity index (χ4n) is 3.20. The highest BCUT2D eigenvalue weighted by Crippen LogP contribution is 2.22. The molecule has 0 aliphatic carbocycles. The largest absolute Gasteiger partial charge is 0.452 e. The number of para-hydroxylation sites is 1. The lowest BCUT2D eigenvalue weighted by Crippen LogP contribution is -2.34. The van der Waals surface area contributed by atoms with Gasteiger partial charge in [0.05, 0.1) is 16.1 Å². The number of hydrogen-bond acceptors (Lipinski definition) is 5. The van der Waals surface area contributed by atoms with Gasteiger partial charge in [0, 0.05) is 20.1 Å². The third kappa shape index (κ3) is 5.98. The van der Waals surface area contributed by atoms with Crippen molar-refractivity contribution in [2.24, 2.45) is 0 Å². The Morgan fingerprint density at radius 2 is 1.52 bits per heavy atom. The molecule has 0 atom stereocenters. The number of anilines is 1. The monoisotopic (exact) mass is 466 g/mol. The summed E-state index contributed by atoms with van der Waals surface area (Å²) < 4.78 is 32.3. The molecule has 33 heavy (non-hydrogen) atoms. The van der Waals surface area contributed by atoms with E-state index in [0.29, 0.717) is 18.8 Å². The number of amides is 1. The van der Waals surface area contributed by atoms with Crippen molar-refractivity contribution in [3.8, 4) is 0 Å². The number of ether oxygens (including phenoxy) is 1. The van der Waals surface area contributed by atoms with Crippen LogP contribution in [0.3, 0.4) is 0 Å². The molecule has 0 saturated heterocycles. The number of carbonyl (C=O) groups excluding carboxylic acids is 2. The van der Waals surface area contributed by atoms with E-state index in [1.165, 1.54) is 31.3 Å². The fraction of sp³-hybridized carbons (Fsp3) is 0.200. The minimum atomic E-state index is -3.88. The van der Waals surface area contributed by atoms with Gasteiger partial charge in [-0.15, -0.1) is 0 Å². The lowest BCUT2D eigenvalue weighted by atomic mass is 10.2. The van der Waals surface area contributed by atoms with Crippen molar-refractivity contribution in [3.05, 3.63) is 96.1 Å². The molecule has 0 aliphatic rings. The molecule has 8 heteroatoms. The van der Waals surface area contributed by atoms with Crippen LogP contribution in [0.2, 0.25) is 0 Å². The van der Waals surface area contributed by atoms with Gasteiger partial charge in [0.25, 0.3) is 15.9 Å². The first-order valence-electron chi connectivity index (χ1n) is 10.5. The molecule has 0 N–H and O–H groups in total. The summed E-state index contributed by atoms with van der Waals surface area (Å²) >= 11 is 0. The Bertz CT molecular complexity index is 1200. The molecule has 0 unspecified atom stereocenters. The maximum Gasteiger partial charge on any atom is 0.338 e. The number of hydrogen-bond donors (Lipinski definition) is 0. The Morgan fingerprint density at radius 1 is 0.879 bits per heavy atom. The predicted molar refractivity (Wildman–Crippen MR) is 126 cm³/mol. The smallest absolute Gasteiger partial charge is 0.338 e. The summed E-state index contributed by atoms with van der Waals surface area (Å²) in [5, 5.41) is 0. The predicted octanol–water partition coefficient (Wildman–Crippen LogP) is 3.72. The Labute approximate surface area is 194 Å². The molecular formula is C25H26N2O5S. The minimum Gasteiger partial charge on any atom is -0.452 e. The number of benzene rings is 3. The third-order valence-corrected chi connectivity index (χ3v) is 6.91. The van der Waals surface area contributed by atoms with E-state index in [1.54, 1.807) is 35.2 Å². The second kappa shape index (κ2) is 10.8. The van der Waals surface area contributed by atoms with E-state index >= 15 is 0 Å². The van der Waals surface area contributed by atoms with Crippen molar-refractivity contribution in [2.45, 2.75) is 18.4 Å². The fourth-order valence-corrected chi connectivity index (χ4v) is 4.44. The first-order chi connectivity index (χ1) is 15.8. The van der Waals surface area contributed by atoms with Crippen LogP contribution < -0.4 is 4.31 Å². The zero-order chi connectivity index (χ0) is 23.8. The molecule has 3 aromatic rings. The molecule has 0 bridgehead atoms. The summed E-state index contributed by atoms with van der Waals surface area (Å²) in [5.74, 6) is -1.10. The number of carbonyl (C=O) groups is 2. The maximum absolute atomic E-state index is 13.0. The number of nitrogens with zero attached hydrogens (tertiary/aromatic N) is 2. The first kappa shape index (κ1) is 24.0. The van der Waals surface area contributed by atoms with Gasteiger partial charge in [-0.05, 0) is 42.8 Å². The molecule has 7 nitrogen and oxygen atoms in total. The number of esters is 1. The van der Waals surface area contributed by atoms with Gasteiger partial charge >= 0.3 is 5.97 Å². The van der Waals surface area contributed by atoms with E-state index in [9.17, 15) is 18.0 Å². The summed E-state index contributed by atoms with van der Waals surface area (Å²) in [7, 11) is -2.44.